The molecular formula is C25H25N3O2. The number of hydrogen-bond acceptors (Lipinski definition) is 3. The molecule has 0 atom stereocenters. The lowest BCUT2D eigenvalue weighted by molar-refractivity contribution is -0.118. The fourth-order valence-electron chi connectivity index (χ4n) is 3.89. The monoisotopic (exact) mass is 399 g/mol. The molecule has 30 heavy (non-hydrogen) atoms. The standard InChI is InChI=1S/C25H25N3O2/c1-3-24(29)28-14-12-22-15-21(10-11-23(22)28)19-6-8-20(9-7-19)25(30)27(2)17-18-5-4-13-26-16-18/h4-11,13,15-16H,3,12,14,17H2,1-2H3. The highest BCUT2D eigenvalue weighted by Gasteiger charge is 2.23. The van der Waals surface area contributed by atoms with E-state index >= 15 is 0 Å². The SMILES string of the molecule is CCC(=O)N1CCc2cc(-c3ccc(C(=O)N(C)Cc4cccnc4)cc3)ccc21. The summed E-state index contributed by atoms with van der Waals surface area (Å²) in [4.78, 5) is 32.5. The van der Waals surface area contributed by atoms with E-state index in [1.165, 1.54) is 5.56 Å². The van der Waals surface area contributed by atoms with Crippen LogP contribution in [0.3, 0.4) is 0 Å². The second-order valence-corrected chi connectivity index (χ2v) is 7.59. The molecule has 1 aliphatic rings. The van der Waals surface area contributed by atoms with E-state index < -0.39 is 0 Å². The molecule has 0 unspecified atom stereocenters. The van der Waals surface area contributed by atoms with E-state index in [0.29, 0.717) is 18.5 Å². The smallest absolute Gasteiger partial charge is 0.253 e. The molecule has 3 aromatic rings. The molecule has 0 radical (unpaired) electrons. The van der Waals surface area contributed by atoms with Gasteiger partial charge < -0.3 is 9.80 Å². The Morgan fingerprint density at radius 2 is 1.83 bits per heavy atom. The Morgan fingerprint density at radius 1 is 1.07 bits per heavy atom. The maximum absolute atomic E-state index is 12.7. The van der Waals surface area contributed by atoms with Crippen molar-refractivity contribution >= 4 is 17.5 Å². The molecular weight excluding hydrogens is 374 g/mol. The van der Waals surface area contributed by atoms with Crippen LogP contribution in [-0.4, -0.2) is 35.3 Å². The number of nitrogens with zero attached hydrogens (tertiary/aromatic N) is 3. The van der Waals surface area contributed by atoms with Gasteiger partial charge in [-0.05, 0) is 59.0 Å². The number of hydrogen-bond donors (Lipinski definition) is 0. The molecule has 4 rings (SSSR count). The Bertz CT molecular complexity index is 1060. The normalized spacial score (nSPS) is 12.5. The number of benzene rings is 2. The minimum atomic E-state index is -0.0203. The van der Waals surface area contributed by atoms with Crippen LogP contribution >= 0.6 is 0 Å². The molecule has 2 amide bonds. The zero-order valence-corrected chi connectivity index (χ0v) is 17.3. The number of anilines is 1. The van der Waals surface area contributed by atoms with Gasteiger partial charge in [-0.1, -0.05) is 31.2 Å². The third-order valence-electron chi connectivity index (χ3n) is 5.53. The van der Waals surface area contributed by atoms with Gasteiger partial charge in [-0.3, -0.25) is 14.6 Å². The summed E-state index contributed by atoms with van der Waals surface area (Å²) in [5.74, 6) is 0.146. The van der Waals surface area contributed by atoms with Crippen molar-refractivity contribution in [1.82, 2.24) is 9.88 Å². The van der Waals surface area contributed by atoms with Crippen LogP contribution < -0.4 is 4.90 Å². The van der Waals surface area contributed by atoms with Crippen LogP contribution in [0, 0.1) is 0 Å². The summed E-state index contributed by atoms with van der Waals surface area (Å²) in [5.41, 5.74) is 6.04. The van der Waals surface area contributed by atoms with E-state index in [1.54, 1.807) is 24.3 Å². The molecule has 1 aliphatic heterocycles. The topological polar surface area (TPSA) is 53.5 Å². The maximum Gasteiger partial charge on any atom is 0.253 e. The van der Waals surface area contributed by atoms with Gasteiger partial charge in [-0.2, -0.15) is 0 Å². The summed E-state index contributed by atoms with van der Waals surface area (Å²) in [7, 11) is 1.80. The first-order valence-electron chi connectivity index (χ1n) is 10.2. The zero-order valence-electron chi connectivity index (χ0n) is 17.3. The minimum Gasteiger partial charge on any atom is -0.337 e. The summed E-state index contributed by atoms with van der Waals surface area (Å²) in [6.07, 6.45) is 4.90. The first kappa shape index (κ1) is 19.8. The Labute approximate surface area is 177 Å². The number of amides is 2. The highest BCUT2D eigenvalue weighted by atomic mass is 16.2. The number of pyridine rings is 1. The van der Waals surface area contributed by atoms with Crippen molar-refractivity contribution in [3.8, 4) is 11.1 Å². The van der Waals surface area contributed by atoms with E-state index in [9.17, 15) is 9.59 Å². The van der Waals surface area contributed by atoms with Crippen molar-refractivity contribution in [1.29, 1.82) is 0 Å². The molecule has 1 aromatic heterocycles. The van der Waals surface area contributed by atoms with Gasteiger partial charge >= 0.3 is 0 Å². The van der Waals surface area contributed by atoms with Crippen LogP contribution in [0.15, 0.2) is 67.0 Å². The first-order chi connectivity index (χ1) is 14.6. The molecule has 0 N–H and O–H groups in total. The van der Waals surface area contributed by atoms with Gasteiger partial charge in [0.2, 0.25) is 5.91 Å². The lowest BCUT2D eigenvalue weighted by Gasteiger charge is -2.18. The van der Waals surface area contributed by atoms with Gasteiger partial charge in [0.15, 0.2) is 0 Å². The molecule has 5 heteroatoms. The van der Waals surface area contributed by atoms with Crippen LogP contribution in [0.2, 0.25) is 0 Å². The van der Waals surface area contributed by atoms with Crippen molar-refractivity contribution in [3.63, 3.8) is 0 Å². The quantitative estimate of drug-likeness (QED) is 0.642. The lowest BCUT2D eigenvalue weighted by atomic mass is 10.0. The molecule has 2 heterocycles. The van der Waals surface area contributed by atoms with Gasteiger partial charge in [0.1, 0.15) is 0 Å². The van der Waals surface area contributed by atoms with E-state index in [0.717, 1.165) is 35.3 Å². The second kappa shape index (κ2) is 8.49. The lowest BCUT2D eigenvalue weighted by Crippen LogP contribution is -2.27. The van der Waals surface area contributed by atoms with E-state index in [4.69, 9.17) is 0 Å². The molecule has 0 aliphatic carbocycles. The van der Waals surface area contributed by atoms with E-state index in [2.05, 4.69) is 11.1 Å². The van der Waals surface area contributed by atoms with E-state index in [1.807, 2.05) is 60.4 Å². The number of carbonyl (C=O) groups is 2. The minimum absolute atomic E-state index is 0.0203. The van der Waals surface area contributed by atoms with Crippen LogP contribution in [0.4, 0.5) is 5.69 Å². The van der Waals surface area contributed by atoms with Gasteiger partial charge in [0.25, 0.3) is 5.91 Å². The van der Waals surface area contributed by atoms with Crippen LogP contribution in [0.5, 0.6) is 0 Å². The Morgan fingerprint density at radius 3 is 2.53 bits per heavy atom. The summed E-state index contributed by atoms with van der Waals surface area (Å²) in [6.45, 7) is 3.17. The average Bonchev–Trinajstić information content (AvgIpc) is 3.22. The fourth-order valence-corrected chi connectivity index (χ4v) is 3.89. The summed E-state index contributed by atoms with van der Waals surface area (Å²) in [6, 6.07) is 17.8. The molecule has 0 saturated carbocycles. The van der Waals surface area contributed by atoms with Crippen LogP contribution in [-0.2, 0) is 17.8 Å². The number of rotatable bonds is 5. The Hall–Kier alpha value is -3.47. The third kappa shape index (κ3) is 3.96. The van der Waals surface area contributed by atoms with Crippen molar-refractivity contribution in [3.05, 3.63) is 83.7 Å². The number of aromatic nitrogens is 1. The van der Waals surface area contributed by atoms with Gasteiger partial charge in [-0.25, -0.2) is 0 Å². The third-order valence-corrected chi connectivity index (χ3v) is 5.53. The molecule has 0 fully saturated rings. The van der Waals surface area contributed by atoms with Gasteiger partial charge in [0, 0.05) is 50.2 Å². The molecule has 152 valence electrons. The average molecular weight is 399 g/mol. The Kier molecular flexibility index (Phi) is 5.61. The van der Waals surface area contributed by atoms with Crippen LogP contribution in [0.25, 0.3) is 11.1 Å². The van der Waals surface area contributed by atoms with Gasteiger partial charge in [-0.15, -0.1) is 0 Å². The number of carbonyl (C=O) groups excluding carboxylic acids is 2. The second-order valence-electron chi connectivity index (χ2n) is 7.59. The predicted molar refractivity (Wildman–Crippen MR) is 118 cm³/mol. The zero-order chi connectivity index (χ0) is 21.1. The van der Waals surface area contributed by atoms with Gasteiger partial charge in [0.05, 0.1) is 0 Å². The summed E-state index contributed by atoms with van der Waals surface area (Å²) >= 11 is 0. The number of fused-ring (bicyclic) bond motifs is 1. The predicted octanol–water partition coefficient (Wildman–Crippen LogP) is 4.32. The van der Waals surface area contributed by atoms with Crippen molar-refractivity contribution in [2.24, 2.45) is 0 Å². The van der Waals surface area contributed by atoms with Crippen molar-refractivity contribution in [2.45, 2.75) is 26.3 Å². The highest BCUT2D eigenvalue weighted by Crippen LogP contribution is 2.32. The molecule has 5 nitrogen and oxygen atoms in total. The maximum atomic E-state index is 12.7. The van der Waals surface area contributed by atoms with Crippen LogP contribution in [0.1, 0.15) is 34.8 Å². The van der Waals surface area contributed by atoms with Crippen molar-refractivity contribution < 1.29 is 9.59 Å². The molecule has 0 spiro atoms. The highest BCUT2D eigenvalue weighted by molar-refractivity contribution is 5.96. The van der Waals surface area contributed by atoms with E-state index in [-0.39, 0.29) is 11.8 Å². The molecule has 0 saturated heterocycles. The molecule has 2 aromatic carbocycles. The summed E-state index contributed by atoms with van der Waals surface area (Å²) in [5, 5.41) is 0. The Balaban J connectivity index is 1.49. The summed E-state index contributed by atoms with van der Waals surface area (Å²) < 4.78 is 0. The first-order valence-corrected chi connectivity index (χ1v) is 10.2. The molecule has 0 bridgehead atoms. The van der Waals surface area contributed by atoms with Crippen molar-refractivity contribution in [2.75, 3.05) is 18.5 Å². The largest absolute Gasteiger partial charge is 0.337 e. The fraction of sp³-hybridized carbons (Fsp3) is 0.240.